The van der Waals surface area contributed by atoms with Gasteiger partial charge in [0.1, 0.15) is 0 Å². The summed E-state index contributed by atoms with van der Waals surface area (Å²) in [6.07, 6.45) is 1.32. The van der Waals surface area contributed by atoms with Crippen LogP contribution >= 0.6 is 0 Å². The number of nitrogens with zero attached hydrogens (tertiary/aromatic N) is 1. The van der Waals surface area contributed by atoms with Crippen molar-refractivity contribution in [2.45, 2.75) is 37.6 Å². The minimum atomic E-state index is -3.66. The fourth-order valence-electron chi connectivity index (χ4n) is 4.41. The van der Waals surface area contributed by atoms with Crippen molar-refractivity contribution < 1.29 is 13.2 Å². The maximum atomic E-state index is 13.4. The average Bonchev–Trinajstić information content (AvgIpc) is 2.85. The van der Waals surface area contributed by atoms with Crippen molar-refractivity contribution >= 4 is 15.9 Å². The van der Waals surface area contributed by atoms with Gasteiger partial charge in [-0.05, 0) is 55.0 Å². The molecule has 1 atom stereocenters. The third kappa shape index (κ3) is 5.18. The summed E-state index contributed by atoms with van der Waals surface area (Å²) in [6.45, 7) is 4.32. The van der Waals surface area contributed by atoms with Crippen LogP contribution in [0, 0.1) is 19.8 Å². The molecule has 1 amide bonds. The monoisotopic (exact) mass is 462 g/mol. The Labute approximate surface area is 196 Å². The average molecular weight is 463 g/mol. The van der Waals surface area contributed by atoms with Crippen LogP contribution in [0.4, 0.5) is 0 Å². The van der Waals surface area contributed by atoms with Crippen LogP contribution in [0.25, 0.3) is 0 Å². The molecule has 33 heavy (non-hydrogen) atoms. The lowest BCUT2D eigenvalue weighted by atomic mass is 9.95. The van der Waals surface area contributed by atoms with E-state index in [2.05, 4.69) is 5.32 Å². The van der Waals surface area contributed by atoms with Gasteiger partial charge in [-0.2, -0.15) is 4.31 Å². The summed E-state index contributed by atoms with van der Waals surface area (Å²) in [5.74, 6) is -0.512. The molecule has 3 aromatic rings. The van der Waals surface area contributed by atoms with Crippen LogP contribution in [-0.4, -0.2) is 31.7 Å². The highest BCUT2D eigenvalue weighted by atomic mass is 32.2. The largest absolute Gasteiger partial charge is 0.345 e. The molecule has 4 rings (SSSR count). The maximum absolute atomic E-state index is 13.4. The molecule has 1 N–H and O–H groups in total. The molecule has 3 aromatic carbocycles. The summed E-state index contributed by atoms with van der Waals surface area (Å²) >= 11 is 0. The Morgan fingerprint density at radius 1 is 0.939 bits per heavy atom. The number of rotatable bonds is 6. The van der Waals surface area contributed by atoms with E-state index in [9.17, 15) is 13.2 Å². The van der Waals surface area contributed by atoms with Gasteiger partial charge in [-0.3, -0.25) is 4.79 Å². The number of amides is 1. The fraction of sp³-hybridized carbons (Fsp3) is 0.296. The van der Waals surface area contributed by atoms with Crippen molar-refractivity contribution in [2.24, 2.45) is 5.92 Å². The van der Waals surface area contributed by atoms with Crippen LogP contribution in [0.3, 0.4) is 0 Å². The smallest absolute Gasteiger partial charge is 0.243 e. The number of sulfonamides is 1. The van der Waals surface area contributed by atoms with Crippen LogP contribution in [-0.2, 0) is 14.8 Å². The zero-order valence-corrected chi connectivity index (χ0v) is 19.9. The van der Waals surface area contributed by atoms with E-state index in [1.165, 1.54) is 4.31 Å². The van der Waals surface area contributed by atoms with Crippen LogP contribution in [0.1, 0.15) is 41.1 Å². The molecule has 0 saturated carbocycles. The number of aryl methyl sites for hydroxylation is 2. The normalized spacial score (nSPS) is 17.1. The van der Waals surface area contributed by atoms with Crippen LogP contribution in [0.15, 0.2) is 83.8 Å². The SMILES string of the molecule is Cc1ccc(C)c(S(=O)(=O)N2CCC[C@H](C(=O)NC(c3ccccc3)c3ccccc3)C2)c1. The van der Waals surface area contributed by atoms with E-state index in [0.29, 0.717) is 24.3 Å². The summed E-state index contributed by atoms with van der Waals surface area (Å²) in [4.78, 5) is 13.7. The van der Waals surface area contributed by atoms with E-state index in [0.717, 1.165) is 22.3 Å². The van der Waals surface area contributed by atoms with Gasteiger partial charge in [-0.1, -0.05) is 72.8 Å². The van der Waals surface area contributed by atoms with E-state index >= 15 is 0 Å². The number of piperidine rings is 1. The molecule has 0 radical (unpaired) electrons. The Balaban J connectivity index is 1.55. The van der Waals surface area contributed by atoms with Crippen molar-refractivity contribution in [3.8, 4) is 0 Å². The molecule has 1 saturated heterocycles. The molecule has 0 aromatic heterocycles. The molecule has 1 aliphatic heterocycles. The first-order valence-corrected chi connectivity index (χ1v) is 12.8. The number of benzene rings is 3. The molecule has 0 aliphatic carbocycles. The zero-order chi connectivity index (χ0) is 23.4. The van der Waals surface area contributed by atoms with Crippen LogP contribution in [0.2, 0.25) is 0 Å². The second-order valence-electron chi connectivity index (χ2n) is 8.73. The first-order valence-electron chi connectivity index (χ1n) is 11.3. The van der Waals surface area contributed by atoms with Crippen molar-refractivity contribution in [1.29, 1.82) is 0 Å². The number of nitrogens with one attached hydrogen (secondary N) is 1. The summed E-state index contributed by atoms with van der Waals surface area (Å²) in [7, 11) is -3.66. The minimum absolute atomic E-state index is 0.117. The molecule has 0 spiro atoms. The Morgan fingerprint density at radius 2 is 1.55 bits per heavy atom. The van der Waals surface area contributed by atoms with Gasteiger partial charge >= 0.3 is 0 Å². The highest BCUT2D eigenvalue weighted by Crippen LogP contribution is 2.28. The lowest BCUT2D eigenvalue weighted by molar-refractivity contribution is -0.126. The first kappa shape index (κ1) is 23.2. The highest BCUT2D eigenvalue weighted by Gasteiger charge is 2.35. The van der Waals surface area contributed by atoms with Gasteiger partial charge in [0.25, 0.3) is 0 Å². The molecule has 172 valence electrons. The number of hydrogen-bond acceptors (Lipinski definition) is 3. The Bertz CT molecular complexity index is 1170. The van der Waals surface area contributed by atoms with Crippen LogP contribution < -0.4 is 5.32 Å². The van der Waals surface area contributed by atoms with Crippen molar-refractivity contribution in [3.63, 3.8) is 0 Å². The molecule has 1 fully saturated rings. The van der Waals surface area contributed by atoms with E-state index in [-0.39, 0.29) is 18.5 Å². The van der Waals surface area contributed by atoms with E-state index in [4.69, 9.17) is 0 Å². The summed E-state index contributed by atoms with van der Waals surface area (Å²) in [5, 5.41) is 3.19. The Morgan fingerprint density at radius 3 is 2.15 bits per heavy atom. The molecular weight excluding hydrogens is 432 g/mol. The van der Waals surface area contributed by atoms with Crippen molar-refractivity contribution in [1.82, 2.24) is 9.62 Å². The van der Waals surface area contributed by atoms with Crippen molar-refractivity contribution in [2.75, 3.05) is 13.1 Å². The Kier molecular flexibility index (Phi) is 6.96. The second-order valence-corrected chi connectivity index (χ2v) is 10.6. The molecule has 0 unspecified atom stereocenters. The van der Waals surface area contributed by atoms with E-state index in [1.54, 1.807) is 6.07 Å². The summed E-state index contributed by atoms with van der Waals surface area (Å²) < 4.78 is 28.3. The number of carbonyl (C=O) groups is 1. The number of carbonyl (C=O) groups excluding carboxylic acids is 1. The maximum Gasteiger partial charge on any atom is 0.243 e. The zero-order valence-electron chi connectivity index (χ0n) is 19.1. The third-order valence-corrected chi connectivity index (χ3v) is 8.28. The van der Waals surface area contributed by atoms with E-state index < -0.39 is 15.9 Å². The summed E-state index contributed by atoms with van der Waals surface area (Å²) in [5.41, 5.74) is 3.61. The van der Waals surface area contributed by atoms with Gasteiger partial charge in [0.15, 0.2) is 0 Å². The quantitative estimate of drug-likeness (QED) is 0.582. The molecule has 1 aliphatic rings. The fourth-order valence-corrected chi connectivity index (χ4v) is 6.24. The predicted molar refractivity (Wildman–Crippen MR) is 130 cm³/mol. The van der Waals surface area contributed by atoms with Gasteiger partial charge in [-0.25, -0.2) is 8.42 Å². The first-order chi connectivity index (χ1) is 15.9. The molecule has 6 heteroatoms. The highest BCUT2D eigenvalue weighted by molar-refractivity contribution is 7.89. The topological polar surface area (TPSA) is 66.5 Å². The lowest BCUT2D eigenvalue weighted by Crippen LogP contribution is -2.46. The van der Waals surface area contributed by atoms with Crippen LogP contribution in [0.5, 0.6) is 0 Å². The van der Waals surface area contributed by atoms with E-state index in [1.807, 2.05) is 86.6 Å². The van der Waals surface area contributed by atoms with Gasteiger partial charge in [-0.15, -0.1) is 0 Å². The van der Waals surface area contributed by atoms with Gasteiger partial charge in [0.05, 0.1) is 16.9 Å². The van der Waals surface area contributed by atoms with Gasteiger partial charge in [0, 0.05) is 13.1 Å². The predicted octanol–water partition coefficient (Wildman–Crippen LogP) is 4.61. The standard InChI is InChI=1S/C27H30N2O3S/c1-20-15-16-21(2)25(18-20)33(31,32)29-17-9-14-24(19-29)27(30)28-26(22-10-5-3-6-11-22)23-12-7-4-8-13-23/h3-8,10-13,15-16,18,24,26H,9,14,17,19H2,1-2H3,(H,28,30)/t24-/m0/s1. The molecule has 1 heterocycles. The summed E-state index contributed by atoms with van der Waals surface area (Å²) in [6, 6.07) is 24.9. The second kappa shape index (κ2) is 9.89. The third-order valence-electron chi connectivity index (χ3n) is 6.27. The number of hydrogen-bond donors (Lipinski definition) is 1. The molecular formula is C27H30N2O3S. The Hall–Kier alpha value is -2.96. The molecule has 0 bridgehead atoms. The van der Waals surface area contributed by atoms with Crippen molar-refractivity contribution in [3.05, 3.63) is 101 Å². The van der Waals surface area contributed by atoms with Gasteiger partial charge in [0.2, 0.25) is 15.9 Å². The van der Waals surface area contributed by atoms with Gasteiger partial charge < -0.3 is 5.32 Å². The minimum Gasteiger partial charge on any atom is -0.345 e. The molecule has 5 nitrogen and oxygen atoms in total. The lowest BCUT2D eigenvalue weighted by Gasteiger charge is -2.32.